The van der Waals surface area contributed by atoms with E-state index in [9.17, 15) is 19.3 Å². The van der Waals surface area contributed by atoms with E-state index in [1.165, 1.54) is 6.07 Å². The summed E-state index contributed by atoms with van der Waals surface area (Å²) in [5.74, 6) is -0.556. The van der Waals surface area contributed by atoms with Crippen molar-refractivity contribution in [3.63, 3.8) is 0 Å². The number of aryl methyl sites for hydroxylation is 1. The highest BCUT2D eigenvalue weighted by Gasteiger charge is 2.39. The normalized spacial score (nSPS) is 15.9. The van der Waals surface area contributed by atoms with Crippen LogP contribution in [0.25, 0.3) is 0 Å². The molecule has 0 aliphatic heterocycles. The summed E-state index contributed by atoms with van der Waals surface area (Å²) in [6, 6.07) is 3.12. The van der Waals surface area contributed by atoms with Gasteiger partial charge in [-0.15, -0.1) is 0 Å². The Labute approximate surface area is 154 Å². The molecule has 10 heteroatoms. The maximum absolute atomic E-state index is 13.6. The summed E-state index contributed by atoms with van der Waals surface area (Å²) in [5.41, 5.74) is -1.36. The van der Waals surface area contributed by atoms with Crippen molar-refractivity contribution >= 4 is 11.6 Å². The minimum Gasteiger partial charge on any atom is -0.484 e. The number of hydrogen-bond donors (Lipinski definition) is 1. The average molecular weight is 378 g/mol. The van der Waals surface area contributed by atoms with Crippen LogP contribution in [0.5, 0.6) is 5.75 Å². The highest BCUT2D eigenvalue weighted by atomic mass is 19.1. The van der Waals surface area contributed by atoms with Crippen LogP contribution >= 0.6 is 0 Å². The van der Waals surface area contributed by atoms with E-state index in [2.05, 4.69) is 15.5 Å². The van der Waals surface area contributed by atoms with Gasteiger partial charge in [0.05, 0.1) is 4.92 Å². The Hall–Kier alpha value is -3.04. The van der Waals surface area contributed by atoms with Gasteiger partial charge < -0.3 is 14.6 Å². The van der Waals surface area contributed by atoms with Gasteiger partial charge in [-0.1, -0.05) is 24.4 Å². The number of nitro groups is 1. The summed E-state index contributed by atoms with van der Waals surface area (Å²) >= 11 is 0. The summed E-state index contributed by atoms with van der Waals surface area (Å²) in [4.78, 5) is 26.5. The van der Waals surface area contributed by atoms with Crippen LogP contribution in [-0.2, 0) is 10.3 Å². The average Bonchev–Trinajstić information content (AvgIpc) is 3.08. The Morgan fingerprint density at radius 2 is 2.15 bits per heavy atom. The zero-order valence-corrected chi connectivity index (χ0v) is 14.7. The largest absolute Gasteiger partial charge is 0.484 e. The van der Waals surface area contributed by atoms with E-state index in [0.717, 1.165) is 31.4 Å². The van der Waals surface area contributed by atoms with E-state index in [1.54, 1.807) is 6.92 Å². The number of nitrogens with one attached hydrogen (secondary N) is 1. The third-order valence-corrected chi connectivity index (χ3v) is 4.53. The highest BCUT2D eigenvalue weighted by molar-refractivity contribution is 5.78. The number of rotatable bonds is 6. The van der Waals surface area contributed by atoms with Crippen molar-refractivity contribution in [1.82, 2.24) is 15.5 Å². The maximum Gasteiger partial charge on any atom is 0.305 e. The number of hydrogen-bond acceptors (Lipinski definition) is 7. The van der Waals surface area contributed by atoms with E-state index in [4.69, 9.17) is 9.26 Å². The zero-order valence-electron chi connectivity index (χ0n) is 14.7. The lowest BCUT2D eigenvalue weighted by molar-refractivity contribution is -0.387. The molecule has 1 heterocycles. The number of nitro benzene ring substituents is 1. The Morgan fingerprint density at radius 3 is 2.74 bits per heavy atom. The number of amides is 1. The molecule has 1 fully saturated rings. The molecule has 9 nitrogen and oxygen atoms in total. The molecule has 0 bridgehead atoms. The zero-order chi connectivity index (χ0) is 19.4. The molecule has 1 aromatic heterocycles. The van der Waals surface area contributed by atoms with Crippen molar-refractivity contribution in [2.45, 2.75) is 44.6 Å². The van der Waals surface area contributed by atoms with E-state index < -0.39 is 27.9 Å². The van der Waals surface area contributed by atoms with Gasteiger partial charge in [0.2, 0.25) is 11.7 Å². The molecular weight excluding hydrogens is 359 g/mol. The summed E-state index contributed by atoms with van der Waals surface area (Å²) in [6.45, 7) is 1.32. The number of carbonyl (C=O) groups is 1. The molecule has 2 aromatic rings. The van der Waals surface area contributed by atoms with Crippen LogP contribution in [0.3, 0.4) is 0 Å². The van der Waals surface area contributed by atoms with Gasteiger partial charge in [0, 0.05) is 19.1 Å². The van der Waals surface area contributed by atoms with Gasteiger partial charge in [0.15, 0.2) is 12.4 Å². The molecule has 144 valence electrons. The summed E-state index contributed by atoms with van der Waals surface area (Å²) < 4.78 is 24.0. The van der Waals surface area contributed by atoms with Gasteiger partial charge in [-0.3, -0.25) is 14.9 Å². The van der Waals surface area contributed by atoms with Crippen LogP contribution in [0.1, 0.15) is 43.8 Å². The molecule has 1 aliphatic rings. The quantitative estimate of drug-likeness (QED) is 0.606. The minimum absolute atomic E-state index is 0.0290. The second-order valence-corrected chi connectivity index (χ2v) is 6.49. The minimum atomic E-state index is -1.02. The lowest BCUT2D eigenvalue weighted by Gasteiger charge is -2.35. The topological polar surface area (TPSA) is 120 Å². The van der Waals surface area contributed by atoms with Gasteiger partial charge in [0.25, 0.3) is 5.91 Å². The van der Waals surface area contributed by atoms with E-state index in [0.29, 0.717) is 24.6 Å². The summed E-state index contributed by atoms with van der Waals surface area (Å²) in [5, 5.41) is 17.5. The van der Waals surface area contributed by atoms with Crippen LogP contribution in [0.2, 0.25) is 0 Å². The van der Waals surface area contributed by atoms with Crippen molar-refractivity contribution in [3.05, 3.63) is 45.8 Å². The first-order valence-corrected chi connectivity index (χ1v) is 8.58. The SMILES string of the molecule is Cc1nc(C2(NC(=O)COc3ccc([N+](=O)[O-])c(F)c3)CCCCC2)no1. The summed E-state index contributed by atoms with van der Waals surface area (Å²) in [6.07, 6.45) is 4.27. The Kier molecular flexibility index (Phi) is 5.33. The van der Waals surface area contributed by atoms with E-state index in [-0.39, 0.29) is 12.4 Å². The fourth-order valence-corrected chi connectivity index (χ4v) is 3.23. The predicted octanol–water partition coefficient (Wildman–Crippen LogP) is 2.78. The predicted molar refractivity (Wildman–Crippen MR) is 90.5 cm³/mol. The molecule has 3 rings (SSSR count). The number of carbonyl (C=O) groups excluding carboxylic acids is 1. The number of ether oxygens (including phenoxy) is 1. The number of benzene rings is 1. The molecule has 27 heavy (non-hydrogen) atoms. The van der Waals surface area contributed by atoms with Crippen molar-refractivity contribution in [2.24, 2.45) is 0 Å². The third kappa shape index (κ3) is 4.21. The smallest absolute Gasteiger partial charge is 0.305 e. The molecule has 0 saturated heterocycles. The second-order valence-electron chi connectivity index (χ2n) is 6.49. The first-order chi connectivity index (χ1) is 12.9. The molecule has 0 radical (unpaired) electrons. The van der Waals surface area contributed by atoms with Crippen molar-refractivity contribution < 1.29 is 23.4 Å². The maximum atomic E-state index is 13.6. The number of halogens is 1. The van der Waals surface area contributed by atoms with E-state index >= 15 is 0 Å². The molecular formula is C17H19FN4O5. The summed E-state index contributed by atoms with van der Waals surface area (Å²) in [7, 11) is 0. The Morgan fingerprint density at radius 1 is 1.41 bits per heavy atom. The van der Waals surface area contributed by atoms with Crippen molar-refractivity contribution in [1.29, 1.82) is 0 Å². The Balaban J connectivity index is 1.66. The first-order valence-electron chi connectivity index (χ1n) is 8.58. The highest BCUT2D eigenvalue weighted by Crippen LogP contribution is 2.35. The van der Waals surface area contributed by atoms with Crippen LogP contribution in [-0.4, -0.2) is 27.6 Å². The fourth-order valence-electron chi connectivity index (χ4n) is 3.23. The van der Waals surface area contributed by atoms with Crippen molar-refractivity contribution in [3.8, 4) is 5.75 Å². The molecule has 0 unspecified atom stereocenters. The number of aromatic nitrogens is 2. The molecule has 1 amide bonds. The third-order valence-electron chi connectivity index (χ3n) is 4.53. The monoisotopic (exact) mass is 378 g/mol. The first kappa shape index (κ1) is 18.7. The molecule has 1 N–H and O–H groups in total. The van der Waals surface area contributed by atoms with Crippen molar-refractivity contribution in [2.75, 3.05) is 6.61 Å². The van der Waals surface area contributed by atoms with Gasteiger partial charge in [0.1, 0.15) is 11.3 Å². The second kappa shape index (κ2) is 7.68. The molecule has 0 spiro atoms. The van der Waals surface area contributed by atoms with Crippen LogP contribution < -0.4 is 10.1 Å². The molecule has 0 atom stereocenters. The lowest BCUT2D eigenvalue weighted by Crippen LogP contribution is -2.49. The van der Waals surface area contributed by atoms with Gasteiger partial charge in [-0.25, -0.2) is 0 Å². The van der Waals surface area contributed by atoms with Crippen LogP contribution in [0.4, 0.5) is 10.1 Å². The standard InChI is InChI=1S/C17H19FN4O5/c1-11-19-16(21-27-11)17(7-3-2-4-8-17)20-15(23)10-26-12-5-6-14(22(24)25)13(18)9-12/h5-6,9H,2-4,7-8,10H2,1H3,(H,20,23). The molecule has 1 saturated carbocycles. The van der Waals surface area contributed by atoms with Gasteiger partial charge >= 0.3 is 5.69 Å². The Bertz CT molecular complexity index is 848. The van der Waals surface area contributed by atoms with E-state index in [1.807, 2.05) is 0 Å². The van der Waals surface area contributed by atoms with Crippen LogP contribution in [0, 0.1) is 22.9 Å². The van der Waals surface area contributed by atoms with Crippen LogP contribution in [0.15, 0.2) is 22.7 Å². The molecule has 1 aliphatic carbocycles. The fraction of sp³-hybridized carbons (Fsp3) is 0.471. The number of nitrogens with zero attached hydrogens (tertiary/aromatic N) is 3. The van der Waals surface area contributed by atoms with Gasteiger partial charge in [-0.2, -0.15) is 9.37 Å². The lowest BCUT2D eigenvalue weighted by atomic mass is 9.81. The molecule has 1 aromatic carbocycles. The van der Waals surface area contributed by atoms with Gasteiger partial charge in [-0.05, 0) is 18.9 Å².